The molecular formula is C28H32ClN3O7. The highest BCUT2D eigenvalue weighted by Gasteiger charge is 2.74. The smallest absolute Gasteiger partial charge is 0.313 e. The fourth-order valence-electron chi connectivity index (χ4n) is 5.99. The number of benzene rings is 1. The Hall–Kier alpha value is -3.21. The van der Waals surface area contributed by atoms with Crippen LogP contribution in [0, 0.1) is 11.8 Å². The SMILES string of the molecule is C[C@@H]1CNC(=O)CC/C=C\CN(c2ccc(Cl)cc2)C(=O)[C@@H]2N([C@H](C)CO)C(=O)[C@H]3[C@H](C(=O)O1)[C@@H]1C=C[C@]23O1. The molecule has 5 rings (SSSR count). The summed E-state index contributed by atoms with van der Waals surface area (Å²) in [5.74, 6) is -3.65. The van der Waals surface area contributed by atoms with E-state index in [1.165, 1.54) is 9.80 Å². The van der Waals surface area contributed by atoms with E-state index in [0.29, 0.717) is 17.1 Å². The van der Waals surface area contributed by atoms with E-state index in [-0.39, 0.29) is 32.0 Å². The molecule has 1 spiro atoms. The van der Waals surface area contributed by atoms with Gasteiger partial charge < -0.3 is 29.7 Å². The second-order valence-corrected chi connectivity index (χ2v) is 10.9. The summed E-state index contributed by atoms with van der Waals surface area (Å²) in [5, 5.41) is 13.3. The number of allylic oxidation sites excluding steroid dienone is 1. The molecule has 11 heteroatoms. The van der Waals surface area contributed by atoms with Gasteiger partial charge in [0, 0.05) is 23.7 Å². The number of carbonyl (C=O) groups excluding carboxylic acids is 4. The molecule has 0 aliphatic carbocycles. The molecule has 2 N–H and O–H groups in total. The van der Waals surface area contributed by atoms with Gasteiger partial charge >= 0.3 is 5.97 Å². The maximum Gasteiger partial charge on any atom is 0.313 e. The summed E-state index contributed by atoms with van der Waals surface area (Å²) < 4.78 is 12.0. The Morgan fingerprint density at radius 3 is 2.62 bits per heavy atom. The number of rotatable bonds is 3. The molecule has 0 aromatic heterocycles. The summed E-state index contributed by atoms with van der Waals surface area (Å²) >= 11 is 6.10. The third-order valence-corrected chi connectivity index (χ3v) is 8.11. The van der Waals surface area contributed by atoms with Gasteiger partial charge in [-0.15, -0.1) is 0 Å². The molecule has 3 amide bonds. The summed E-state index contributed by atoms with van der Waals surface area (Å²) in [7, 11) is 0. The molecule has 10 nitrogen and oxygen atoms in total. The molecule has 5 bridgehead atoms. The van der Waals surface area contributed by atoms with E-state index in [0.717, 1.165) is 0 Å². The first-order chi connectivity index (χ1) is 18.7. The molecule has 1 aromatic carbocycles. The Morgan fingerprint density at radius 1 is 1.15 bits per heavy atom. The van der Waals surface area contributed by atoms with Crippen molar-refractivity contribution in [3.05, 3.63) is 53.6 Å². The number of hydrogen-bond donors (Lipinski definition) is 2. The van der Waals surface area contributed by atoms with Crippen molar-refractivity contribution in [1.29, 1.82) is 0 Å². The minimum Gasteiger partial charge on any atom is -0.460 e. The van der Waals surface area contributed by atoms with Crippen LogP contribution in [0.1, 0.15) is 26.7 Å². The van der Waals surface area contributed by atoms with Gasteiger partial charge in [-0.2, -0.15) is 0 Å². The fraction of sp³-hybridized carbons (Fsp3) is 0.500. The van der Waals surface area contributed by atoms with Crippen LogP contribution in [0.2, 0.25) is 5.02 Å². The number of nitrogens with one attached hydrogen (secondary N) is 1. The van der Waals surface area contributed by atoms with Crippen molar-refractivity contribution < 1.29 is 33.8 Å². The van der Waals surface area contributed by atoms with Crippen molar-refractivity contribution in [3.63, 3.8) is 0 Å². The van der Waals surface area contributed by atoms with Crippen LogP contribution in [0.25, 0.3) is 0 Å². The minimum atomic E-state index is -1.40. The van der Waals surface area contributed by atoms with Gasteiger partial charge in [0.1, 0.15) is 23.7 Å². The lowest BCUT2D eigenvalue weighted by molar-refractivity contribution is -0.158. The Labute approximate surface area is 231 Å². The van der Waals surface area contributed by atoms with Crippen molar-refractivity contribution >= 4 is 41.0 Å². The molecule has 4 heterocycles. The molecule has 0 radical (unpaired) electrons. The topological polar surface area (TPSA) is 125 Å². The van der Waals surface area contributed by atoms with Crippen LogP contribution in [0.4, 0.5) is 5.69 Å². The van der Waals surface area contributed by atoms with Crippen molar-refractivity contribution in [1.82, 2.24) is 10.2 Å². The highest BCUT2D eigenvalue weighted by molar-refractivity contribution is 6.30. The molecule has 4 aliphatic heterocycles. The van der Waals surface area contributed by atoms with Crippen LogP contribution in [-0.2, 0) is 28.7 Å². The number of aliphatic hydroxyl groups excluding tert-OH is 1. The largest absolute Gasteiger partial charge is 0.460 e. The van der Waals surface area contributed by atoms with E-state index in [1.54, 1.807) is 56.3 Å². The normalized spacial score (nSPS) is 34.6. The number of nitrogens with zero attached hydrogens (tertiary/aromatic N) is 2. The first-order valence-electron chi connectivity index (χ1n) is 13.2. The molecule has 0 unspecified atom stereocenters. The van der Waals surface area contributed by atoms with Crippen LogP contribution in [-0.4, -0.2) is 83.3 Å². The molecule has 2 fully saturated rings. The Morgan fingerprint density at radius 2 is 1.90 bits per heavy atom. The predicted molar refractivity (Wildman–Crippen MR) is 142 cm³/mol. The van der Waals surface area contributed by atoms with Crippen LogP contribution in [0.3, 0.4) is 0 Å². The summed E-state index contributed by atoms with van der Waals surface area (Å²) in [6.45, 7) is 3.23. The van der Waals surface area contributed by atoms with E-state index in [4.69, 9.17) is 21.1 Å². The fourth-order valence-corrected chi connectivity index (χ4v) is 6.11. The number of halogens is 1. The number of likely N-dealkylation sites (tertiary alicyclic amines) is 1. The zero-order chi connectivity index (χ0) is 27.9. The van der Waals surface area contributed by atoms with Crippen LogP contribution in [0.15, 0.2) is 48.6 Å². The lowest BCUT2D eigenvalue weighted by Gasteiger charge is -2.37. The molecule has 1 aromatic rings. The zero-order valence-electron chi connectivity index (χ0n) is 21.8. The Balaban J connectivity index is 1.60. The lowest BCUT2D eigenvalue weighted by atomic mass is 9.74. The molecule has 0 saturated carbocycles. The van der Waals surface area contributed by atoms with Crippen LogP contribution in [0.5, 0.6) is 0 Å². The number of ether oxygens (including phenoxy) is 2. The molecule has 208 valence electrons. The van der Waals surface area contributed by atoms with Gasteiger partial charge in [0.2, 0.25) is 11.8 Å². The van der Waals surface area contributed by atoms with Gasteiger partial charge in [0.15, 0.2) is 0 Å². The van der Waals surface area contributed by atoms with Gasteiger partial charge in [-0.3, -0.25) is 19.2 Å². The van der Waals surface area contributed by atoms with Gasteiger partial charge in [-0.1, -0.05) is 35.9 Å². The third-order valence-electron chi connectivity index (χ3n) is 7.86. The number of hydrogen-bond acceptors (Lipinski definition) is 7. The average Bonchev–Trinajstić information content (AvgIpc) is 3.56. The summed E-state index contributed by atoms with van der Waals surface area (Å²) in [6.07, 6.45) is 6.34. The second-order valence-electron chi connectivity index (χ2n) is 10.5. The third kappa shape index (κ3) is 4.74. The van der Waals surface area contributed by atoms with E-state index < -0.39 is 59.5 Å². The maximum absolute atomic E-state index is 14.5. The van der Waals surface area contributed by atoms with E-state index >= 15 is 0 Å². The standard InChI is InChI=1S/C28H32ClN3O7/c1-16(15-33)32-24-26(36)31(19-9-7-18(29)8-10-19)13-5-3-4-6-21(34)30-14-17(2)38-27(37)22-20-11-12-28(24,39-20)23(22)25(32)35/h3,5,7-12,16-17,20,22-24,33H,4,6,13-15H2,1-2H3,(H,30,34)/b5-3-/t16-,17-,20+,22-,23-,24+,28-/m1/s1. The van der Waals surface area contributed by atoms with Gasteiger partial charge in [-0.25, -0.2) is 0 Å². The summed E-state index contributed by atoms with van der Waals surface area (Å²) in [4.78, 5) is 57.0. The van der Waals surface area contributed by atoms with Crippen LogP contribution >= 0.6 is 11.6 Å². The van der Waals surface area contributed by atoms with Crippen molar-refractivity contribution in [2.75, 3.05) is 24.6 Å². The molecule has 4 aliphatic rings. The number of fused-ring (bicyclic) bond motifs is 2. The van der Waals surface area contributed by atoms with Gasteiger partial charge in [0.25, 0.3) is 5.91 Å². The predicted octanol–water partition coefficient (Wildman–Crippen LogP) is 1.60. The van der Waals surface area contributed by atoms with Gasteiger partial charge in [-0.05, 0) is 44.5 Å². The minimum absolute atomic E-state index is 0.130. The number of carbonyl (C=O) groups is 4. The number of anilines is 1. The monoisotopic (exact) mass is 557 g/mol. The van der Waals surface area contributed by atoms with Gasteiger partial charge in [0.05, 0.1) is 31.2 Å². The van der Waals surface area contributed by atoms with Crippen molar-refractivity contribution in [2.24, 2.45) is 11.8 Å². The maximum atomic E-state index is 14.5. The quantitative estimate of drug-likeness (QED) is 0.427. The first kappa shape index (κ1) is 27.4. The Kier molecular flexibility index (Phi) is 7.54. The summed E-state index contributed by atoms with van der Waals surface area (Å²) in [6, 6.07) is 4.92. The molecular weight excluding hydrogens is 526 g/mol. The van der Waals surface area contributed by atoms with Crippen LogP contribution < -0.4 is 10.2 Å². The number of esters is 1. The Bertz CT molecular complexity index is 1220. The number of cyclic esters (lactones) is 1. The van der Waals surface area contributed by atoms with Crippen molar-refractivity contribution in [3.8, 4) is 0 Å². The number of aliphatic hydroxyl groups is 1. The zero-order valence-corrected chi connectivity index (χ0v) is 22.5. The molecule has 39 heavy (non-hydrogen) atoms. The molecule has 2 saturated heterocycles. The first-order valence-corrected chi connectivity index (χ1v) is 13.5. The number of amides is 3. The highest BCUT2D eigenvalue weighted by Crippen LogP contribution is 2.56. The highest BCUT2D eigenvalue weighted by atomic mass is 35.5. The lowest BCUT2D eigenvalue weighted by Crippen LogP contribution is -2.58. The van der Waals surface area contributed by atoms with E-state index in [1.807, 2.05) is 6.08 Å². The second kappa shape index (κ2) is 10.7. The van der Waals surface area contributed by atoms with Crippen molar-refractivity contribution in [2.45, 2.75) is 56.6 Å². The van der Waals surface area contributed by atoms with E-state index in [2.05, 4.69) is 5.32 Å². The van der Waals surface area contributed by atoms with E-state index in [9.17, 15) is 24.3 Å². The summed E-state index contributed by atoms with van der Waals surface area (Å²) in [5.41, 5.74) is -0.846. The average molecular weight is 558 g/mol. The molecule has 7 atom stereocenters.